The molecule has 0 spiro atoms. The Bertz CT molecular complexity index is 1050. The summed E-state index contributed by atoms with van der Waals surface area (Å²) in [6.45, 7) is 4.43. The first kappa shape index (κ1) is 21.3. The summed E-state index contributed by atoms with van der Waals surface area (Å²) in [4.78, 5) is 19.3. The van der Waals surface area contributed by atoms with Gasteiger partial charge in [0.15, 0.2) is 5.65 Å². The van der Waals surface area contributed by atoms with Gasteiger partial charge in [-0.2, -0.15) is 5.10 Å². The Hall–Kier alpha value is -2.98. The van der Waals surface area contributed by atoms with Crippen molar-refractivity contribution in [1.29, 1.82) is 0 Å². The quantitative estimate of drug-likeness (QED) is 0.580. The van der Waals surface area contributed by atoms with Gasteiger partial charge in [0.2, 0.25) is 0 Å². The van der Waals surface area contributed by atoms with Crippen LogP contribution < -0.4 is 5.32 Å². The van der Waals surface area contributed by atoms with Gasteiger partial charge >= 0.3 is 0 Å². The molecule has 1 aliphatic rings. The first-order valence-electron chi connectivity index (χ1n) is 10.0. The fourth-order valence-corrected chi connectivity index (χ4v) is 3.49. The summed E-state index contributed by atoms with van der Waals surface area (Å²) in [6.07, 6.45) is -0.837. The molecule has 164 valence electrons. The van der Waals surface area contributed by atoms with Crippen LogP contribution in [0.25, 0.3) is 16.9 Å². The Morgan fingerprint density at radius 3 is 2.65 bits per heavy atom. The van der Waals surface area contributed by atoms with E-state index in [1.165, 1.54) is 36.5 Å². The minimum Gasteiger partial charge on any atom is -0.379 e. The van der Waals surface area contributed by atoms with E-state index in [1.54, 1.807) is 0 Å². The topological polar surface area (TPSA) is 71.8 Å². The number of alkyl halides is 2. The number of hydrogen-bond acceptors (Lipinski definition) is 5. The van der Waals surface area contributed by atoms with E-state index in [-0.39, 0.29) is 16.9 Å². The van der Waals surface area contributed by atoms with Crippen LogP contribution in [0.4, 0.5) is 13.2 Å². The number of fused-ring (bicyclic) bond motifs is 1. The zero-order chi connectivity index (χ0) is 21.8. The van der Waals surface area contributed by atoms with E-state index in [0.29, 0.717) is 25.3 Å². The van der Waals surface area contributed by atoms with Gasteiger partial charge < -0.3 is 10.1 Å². The summed E-state index contributed by atoms with van der Waals surface area (Å²) in [7, 11) is 0. The molecule has 10 heteroatoms. The number of nitrogens with one attached hydrogen (secondary N) is 1. The van der Waals surface area contributed by atoms with E-state index in [4.69, 9.17) is 4.74 Å². The van der Waals surface area contributed by atoms with Crippen LogP contribution in [0.3, 0.4) is 0 Å². The van der Waals surface area contributed by atoms with Crippen molar-refractivity contribution in [3.8, 4) is 11.3 Å². The summed E-state index contributed by atoms with van der Waals surface area (Å²) >= 11 is 0. The second-order valence-electron chi connectivity index (χ2n) is 7.23. The second kappa shape index (κ2) is 9.44. The van der Waals surface area contributed by atoms with E-state index < -0.39 is 23.8 Å². The van der Waals surface area contributed by atoms with Gasteiger partial charge in [0.05, 0.1) is 25.1 Å². The molecule has 1 amide bonds. The molecule has 3 aromatic rings. The second-order valence-corrected chi connectivity index (χ2v) is 7.23. The van der Waals surface area contributed by atoms with Crippen molar-refractivity contribution in [3.63, 3.8) is 0 Å². The van der Waals surface area contributed by atoms with Crippen LogP contribution in [0.2, 0.25) is 0 Å². The minimum absolute atomic E-state index is 0.0304. The van der Waals surface area contributed by atoms with Gasteiger partial charge in [-0.05, 0) is 43.3 Å². The first-order valence-corrected chi connectivity index (χ1v) is 10.0. The van der Waals surface area contributed by atoms with Crippen molar-refractivity contribution in [2.24, 2.45) is 0 Å². The highest BCUT2D eigenvalue weighted by molar-refractivity contribution is 5.99. The van der Waals surface area contributed by atoms with Crippen LogP contribution in [-0.2, 0) is 4.74 Å². The largest absolute Gasteiger partial charge is 0.379 e. The molecule has 1 N–H and O–H groups in total. The van der Waals surface area contributed by atoms with Crippen LogP contribution >= 0.6 is 0 Å². The van der Waals surface area contributed by atoms with Crippen molar-refractivity contribution in [1.82, 2.24) is 24.8 Å². The minimum atomic E-state index is -2.82. The third-order valence-corrected chi connectivity index (χ3v) is 5.15. The molecule has 0 unspecified atom stereocenters. The predicted octanol–water partition coefficient (Wildman–Crippen LogP) is 2.93. The Balaban J connectivity index is 1.53. The lowest BCUT2D eigenvalue weighted by molar-refractivity contribution is 0.0374. The Morgan fingerprint density at radius 2 is 1.94 bits per heavy atom. The van der Waals surface area contributed by atoms with Crippen molar-refractivity contribution >= 4 is 11.6 Å². The average Bonchev–Trinajstić information content (AvgIpc) is 3.21. The SMILES string of the molecule is O=C(NCCCN1CCOCC1)c1cnn2c(C(F)F)cc(-c3ccc(F)cc3)nc12. The molecule has 0 atom stereocenters. The monoisotopic (exact) mass is 433 g/mol. The van der Waals surface area contributed by atoms with Gasteiger partial charge in [-0.3, -0.25) is 9.69 Å². The molecule has 0 saturated carbocycles. The van der Waals surface area contributed by atoms with Gasteiger partial charge in [-0.1, -0.05) is 0 Å². The van der Waals surface area contributed by atoms with Crippen LogP contribution in [0, 0.1) is 5.82 Å². The maximum Gasteiger partial charge on any atom is 0.280 e. The molecule has 2 aromatic heterocycles. The predicted molar refractivity (Wildman–Crippen MR) is 108 cm³/mol. The maximum atomic E-state index is 13.6. The van der Waals surface area contributed by atoms with Gasteiger partial charge in [0.25, 0.3) is 12.3 Å². The normalized spacial score (nSPS) is 15.0. The number of halogens is 3. The summed E-state index contributed by atoms with van der Waals surface area (Å²) in [5.41, 5.74) is 0.421. The molecule has 0 aliphatic carbocycles. The zero-order valence-electron chi connectivity index (χ0n) is 16.7. The van der Waals surface area contributed by atoms with E-state index in [1.807, 2.05) is 0 Å². The van der Waals surface area contributed by atoms with Gasteiger partial charge in [0, 0.05) is 25.2 Å². The molecule has 0 bridgehead atoms. The number of ether oxygens (including phenoxy) is 1. The van der Waals surface area contributed by atoms with Crippen LogP contribution in [0.1, 0.15) is 28.9 Å². The number of carbonyl (C=O) groups excluding carboxylic acids is 1. The molecule has 3 heterocycles. The summed E-state index contributed by atoms with van der Waals surface area (Å²) in [6, 6.07) is 6.54. The summed E-state index contributed by atoms with van der Waals surface area (Å²) in [5, 5.41) is 6.75. The number of rotatable bonds is 7. The van der Waals surface area contributed by atoms with Crippen LogP contribution in [0.5, 0.6) is 0 Å². The first-order chi connectivity index (χ1) is 15.0. The van der Waals surface area contributed by atoms with Crippen molar-refractivity contribution in [2.75, 3.05) is 39.4 Å². The third-order valence-electron chi connectivity index (χ3n) is 5.15. The highest BCUT2D eigenvalue weighted by atomic mass is 19.3. The molecule has 4 rings (SSSR count). The number of benzene rings is 1. The maximum absolute atomic E-state index is 13.6. The fourth-order valence-electron chi connectivity index (χ4n) is 3.49. The number of amides is 1. The standard InChI is InChI=1S/C21H22F3N5O2/c22-15-4-2-14(3-5-15)17-12-18(19(23)24)29-20(27-17)16(13-26-29)21(30)25-6-1-7-28-8-10-31-11-9-28/h2-5,12-13,19H,1,6-11H2,(H,25,30). The average molecular weight is 433 g/mol. The van der Waals surface area contributed by atoms with E-state index in [9.17, 15) is 18.0 Å². The Kier molecular flexibility index (Phi) is 6.47. The molecule has 31 heavy (non-hydrogen) atoms. The number of nitrogens with zero attached hydrogens (tertiary/aromatic N) is 4. The van der Waals surface area contributed by atoms with Crippen LogP contribution in [-0.4, -0.2) is 64.8 Å². The fraction of sp³-hybridized carbons (Fsp3) is 0.381. The molecular formula is C21H22F3N5O2. The van der Waals surface area contributed by atoms with Gasteiger partial charge in [0.1, 0.15) is 17.1 Å². The van der Waals surface area contributed by atoms with Crippen molar-refractivity contribution in [2.45, 2.75) is 12.8 Å². The number of morpholine rings is 1. The third kappa shape index (κ3) is 4.86. The highest BCUT2D eigenvalue weighted by Gasteiger charge is 2.21. The van der Waals surface area contributed by atoms with Gasteiger partial charge in [-0.15, -0.1) is 0 Å². The lowest BCUT2D eigenvalue weighted by Gasteiger charge is -2.26. The van der Waals surface area contributed by atoms with Crippen molar-refractivity contribution in [3.05, 3.63) is 53.6 Å². The van der Waals surface area contributed by atoms with E-state index in [0.717, 1.165) is 30.6 Å². The molecule has 1 aliphatic heterocycles. The van der Waals surface area contributed by atoms with E-state index in [2.05, 4.69) is 20.3 Å². The summed E-state index contributed by atoms with van der Waals surface area (Å²) < 4.78 is 46.8. The molecule has 7 nitrogen and oxygen atoms in total. The van der Waals surface area contributed by atoms with Crippen LogP contribution in [0.15, 0.2) is 36.5 Å². The molecular weight excluding hydrogens is 411 g/mol. The zero-order valence-corrected chi connectivity index (χ0v) is 16.7. The van der Waals surface area contributed by atoms with Crippen molar-refractivity contribution < 1.29 is 22.7 Å². The molecule has 1 saturated heterocycles. The van der Waals surface area contributed by atoms with E-state index >= 15 is 0 Å². The smallest absolute Gasteiger partial charge is 0.280 e. The highest BCUT2D eigenvalue weighted by Crippen LogP contribution is 2.27. The number of aromatic nitrogens is 3. The summed E-state index contributed by atoms with van der Waals surface area (Å²) in [5.74, 6) is -0.874. The number of hydrogen-bond donors (Lipinski definition) is 1. The molecule has 1 aromatic carbocycles. The number of carbonyl (C=O) groups is 1. The van der Waals surface area contributed by atoms with Gasteiger partial charge in [-0.25, -0.2) is 22.7 Å². The lowest BCUT2D eigenvalue weighted by Crippen LogP contribution is -2.38. The Morgan fingerprint density at radius 1 is 1.19 bits per heavy atom. The Labute approximate surface area is 176 Å². The lowest BCUT2D eigenvalue weighted by atomic mass is 10.1. The molecule has 1 fully saturated rings. The molecule has 0 radical (unpaired) electrons.